The molecule has 0 aromatic carbocycles. The molecule has 1 aliphatic rings. The van der Waals surface area contributed by atoms with Crippen LogP contribution < -0.4 is 0 Å². The molecule has 0 heterocycles. The van der Waals surface area contributed by atoms with Gasteiger partial charge in [0.1, 0.15) is 0 Å². The van der Waals surface area contributed by atoms with Gasteiger partial charge in [0.15, 0.2) is 0 Å². The average Bonchev–Trinajstić information content (AvgIpc) is 2.13. The third-order valence-electron chi connectivity index (χ3n) is 3.45. The first-order valence-electron chi connectivity index (χ1n) is 4.46. The molecule has 0 nitrogen and oxygen atoms in total. The summed E-state index contributed by atoms with van der Waals surface area (Å²) >= 11 is 1.63. The van der Waals surface area contributed by atoms with Crippen LogP contribution >= 0.6 is 24.8 Å². The third-order valence-corrected chi connectivity index (χ3v) is 4.32. The molecule has 3 heteroatoms. The molecule has 0 radical (unpaired) electrons. The predicted octanol–water partition coefficient (Wildman–Crippen LogP) is 4.49. The molecule has 0 N–H and O–H groups in total. The van der Waals surface area contributed by atoms with Gasteiger partial charge in [0.2, 0.25) is 0 Å². The van der Waals surface area contributed by atoms with E-state index in [9.17, 15) is 0 Å². The topological polar surface area (TPSA) is 0 Å². The van der Waals surface area contributed by atoms with E-state index in [0.29, 0.717) is 5.41 Å². The smallest absolute Gasteiger partial charge is 0.147 e. The quantitative estimate of drug-likeness (QED) is 0.669. The summed E-state index contributed by atoms with van der Waals surface area (Å²) in [6.07, 6.45) is 0. The summed E-state index contributed by atoms with van der Waals surface area (Å²) in [5.41, 5.74) is 6.65. The fraction of sp³-hybridized carbons (Fsp3) is 0.636. The molecule has 0 saturated carbocycles. The number of halogens is 2. The Labute approximate surface area is 115 Å². The predicted molar refractivity (Wildman–Crippen MR) is 64.2 cm³/mol. The van der Waals surface area contributed by atoms with Crippen molar-refractivity contribution in [3.63, 3.8) is 0 Å². The van der Waals surface area contributed by atoms with Crippen molar-refractivity contribution in [1.29, 1.82) is 0 Å². The third kappa shape index (κ3) is 2.54. The molecule has 0 aliphatic heterocycles. The summed E-state index contributed by atoms with van der Waals surface area (Å²) in [6, 6.07) is 0. The van der Waals surface area contributed by atoms with Crippen LogP contribution in [-0.2, 0) is 24.7 Å². The van der Waals surface area contributed by atoms with Gasteiger partial charge in [0.05, 0.1) is 0 Å². The zero-order valence-corrected chi connectivity index (χ0v) is 13.6. The van der Waals surface area contributed by atoms with Crippen molar-refractivity contribution in [3.05, 3.63) is 22.3 Å². The molecule has 81 valence electrons. The van der Waals surface area contributed by atoms with Gasteiger partial charge in [-0.3, -0.25) is 0 Å². The summed E-state index contributed by atoms with van der Waals surface area (Å²) in [5, 5.41) is 0. The van der Waals surface area contributed by atoms with Crippen LogP contribution in [0.1, 0.15) is 34.6 Å². The van der Waals surface area contributed by atoms with Crippen LogP contribution in [0.2, 0.25) is 4.13 Å². The van der Waals surface area contributed by atoms with E-state index in [-0.39, 0.29) is 24.8 Å². The monoisotopic (exact) mass is 311 g/mol. The SMILES string of the molecule is CC1=C(C)C(C)(C)C([CH2][Zr])=C1C.Cl.Cl. The first-order chi connectivity index (χ1) is 5.42. The van der Waals surface area contributed by atoms with E-state index in [1.54, 1.807) is 41.4 Å². The van der Waals surface area contributed by atoms with Gasteiger partial charge in [-0.25, -0.2) is 0 Å². The number of hydrogen-bond donors (Lipinski definition) is 0. The molecule has 0 fully saturated rings. The Balaban J connectivity index is 0. The van der Waals surface area contributed by atoms with Crippen LogP contribution in [0.4, 0.5) is 0 Å². The zero-order valence-electron chi connectivity index (χ0n) is 9.52. The van der Waals surface area contributed by atoms with Crippen LogP contribution in [-0.4, -0.2) is 0 Å². The Hall–Kier alpha value is 0.943. The van der Waals surface area contributed by atoms with Crippen molar-refractivity contribution < 1.29 is 24.7 Å². The largest absolute Gasteiger partial charge is 0.147 e. The van der Waals surface area contributed by atoms with E-state index in [4.69, 9.17) is 0 Å². The van der Waals surface area contributed by atoms with E-state index >= 15 is 0 Å². The van der Waals surface area contributed by atoms with Gasteiger partial charge in [-0.15, -0.1) is 24.8 Å². The van der Waals surface area contributed by atoms with Crippen molar-refractivity contribution in [2.24, 2.45) is 5.41 Å². The molecule has 0 amide bonds. The normalized spacial score (nSPS) is 19.1. The second-order valence-electron chi connectivity index (χ2n) is 4.16. The molecule has 0 spiro atoms. The summed E-state index contributed by atoms with van der Waals surface area (Å²) in [6.45, 7) is 11.5. The average molecular weight is 313 g/mol. The number of rotatable bonds is 1. The molecule has 1 rings (SSSR count). The maximum atomic E-state index is 2.35. The molecule has 0 atom stereocenters. The molecule has 0 aromatic rings. The van der Waals surface area contributed by atoms with Gasteiger partial charge in [-0.05, 0) is 0 Å². The Morgan fingerprint density at radius 1 is 1.00 bits per heavy atom. The molecule has 1 aliphatic carbocycles. The van der Waals surface area contributed by atoms with Gasteiger partial charge in [0.25, 0.3) is 0 Å². The summed E-state index contributed by atoms with van der Waals surface area (Å²) < 4.78 is 1.28. The van der Waals surface area contributed by atoms with E-state index in [0.717, 1.165) is 0 Å². The molecular formula is C11H19Cl2Zr. The van der Waals surface area contributed by atoms with Crippen LogP contribution in [0.25, 0.3) is 0 Å². The minimum atomic E-state index is 0. The maximum Gasteiger partial charge on any atom is -0.147 e. The molecular weight excluding hydrogens is 294 g/mol. The van der Waals surface area contributed by atoms with Crippen molar-refractivity contribution in [1.82, 2.24) is 0 Å². The van der Waals surface area contributed by atoms with E-state index in [1.165, 1.54) is 9.70 Å². The maximum absolute atomic E-state index is 2.35. The van der Waals surface area contributed by atoms with Gasteiger partial charge < -0.3 is 0 Å². The van der Waals surface area contributed by atoms with Gasteiger partial charge in [-0.1, -0.05) is 0 Å². The second-order valence-corrected chi connectivity index (χ2v) is 5.02. The van der Waals surface area contributed by atoms with Gasteiger partial charge >= 0.3 is 91.2 Å². The first kappa shape index (κ1) is 17.3. The summed E-state index contributed by atoms with van der Waals surface area (Å²) in [4.78, 5) is 0. The van der Waals surface area contributed by atoms with E-state index in [2.05, 4.69) is 34.6 Å². The van der Waals surface area contributed by atoms with Crippen molar-refractivity contribution in [3.8, 4) is 0 Å². The van der Waals surface area contributed by atoms with Gasteiger partial charge in [0, 0.05) is 0 Å². The number of hydrogen-bond acceptors (Lipinski definition) is 0. The number of allylic oxidation sites excluding steroid dienone is 4. The van der Waals surface area contributed by atoms with E-state index < -0.39 is 0 Å². The Bertz CT molecular complexity index is 275. The van der Waals surface area contributed by atoms with Crippen LogP contribution in [0, 0.1) is 5.41 Å². The summed E-state index contributed by atoms with van der Waals surface area (Å²) in [5.74, 6) is 0. The van der Waals surface area contributed by atoms with Crippen LogP contribution in [0.3, 0.4) is 0 Å². The molecule has 0 unspecified atom stereocenters. The zero-order chi connectivity index (χ0) is 9.52. The minimum Gasteiger partial charge on any atom is -0.147 e. The Kier molecular flexibility index (Phi) is 7.27. The fourth-order valence-electron chi connectivity index (χ4n) is 2.02. The second kappa shape index (κ2) is 5.87. The van der Waals surface area contributed by atoms with Gasteiger partial charge in [-0.2, -0.15) is 0 Å². The van der Waals surface area contributed by atoms with Crippen LogP contribution in [0.15, 0.2) is 22.3 Å². The van der Waals surface area contributed by atoms with E-state index in [1.807, 2.05) is 0 Å². The minimum absolute atomic E-state index is 0. The standard InChI is InChI=1S/C11H17.2ClH.Zr/c1-7-8(2)10(4)11(5,6)9(7)3;;;/h3H2,1-2,4-6H3;2*1H;. The molecule has 0 saturated heterocycles. The molecule has 0 bridgehead atoms. The first-order valence-corrected chi connectivity index (χ1v) is 6.20. The van der Waals surface area contributed by atoms with Crippen LogP contribution in [0.5, 0.6) is 0 Å². The molecule has 0 aromatic heterocycles. The Morgan fingerprint density at radius 3 is 1.57 bits per heavy atom. The fourth-order valence-corrected chi connectivity index (χ4v) is 3.76. The van der Waals surface area contributed by atoms with Crippen molar-refractivity contribution >= 4 is 24.8 Å². The van der Waals surface area contributed by atoms with Crippen molar-refractivity contribution in [2.45, 2.75) is 38.7 Å². The summed E-state index contributed by atoms with van der Waals surface area (Å²) in [7, 11) is 0. The Morgan fingerprint density at radius 2 is 1.43 bits per heavy atom. The molecule has 14 heavy (non-hydrogen) atoms. The van der Waals surface area contributed by atoms with Crippen molar-refractivity contribution in [2.75, 3.05) is 0 Å².